The van der Waals surface area contributed by atoms with Gasteiger partial charge in [0, 0.05) is 28.1 Å². The fourth-order valence-corrected chi connectivity index (χ4v) is 3.23. The minimum Gasteiger partial charge on any atom is -0.492 e. The Bertz CT molecular complexity index is 919. The van der Waals surface area contributed by atoms with Gasteiger partial charge >= 0.3 is 6.03 Å². The van der Waals surface area contributed by atoms with Crippen molar-refractivity contribution < 1.29 is 17.9 Å². The summed E-state index contributed by atoms with van der Waals surface area (Å²) in [4.78, 5) is 12.2. The summed E-state index contributed by atoms with van der Waals surface area (Å²) < 4.78 is 27.7. The molecule has 0 saturated carbocycles. The van der Waals surface area contributed by atoms with Gasteiger partial charge in [-0.2, -0.15) is 0 Å². The van der Waals surface area contributed by atoms with Crippen LogP contribution in [0.4, 0.5) is 10.5 Å². The maximum absolute atomic E-state index is 12.2. The monoisotopic (exact) mass is 430 g/mol. The van der Waals surface area contributed by atoms with Crippen LogP contribution < -0.4 is 15.4 Å². The first kappa shape index (κ1) is 21.3. The topological polar surface area (TPSA) is 84.5 Å². The van der Waals surface area contributed by atoms with Crippen LogP contribution in [0.2, 0.25) is 10.0 Å². The van der Waals surface area contributed by atoms with E-state index in [1.54, 1.807) is 49.4 Å². The summed E-state index contributed by atoms with van der Waals surface area (Å²) in [5.41, 5.74) is 1.26. The van der Waals surface area contributed by atoms with E-state index in [0.717, 1.165) is 11.8 Å². The molecule has 2 N–H and O–H groups in total. The molecule has 0 heterocycles. The second kappa shape index (κ2) is 9.30. The largest absolute Gasteiger partial charge is 0.492 e. The summed E-state index contributed by atoms with van der Waals surface area (Å²) in [5.74, 6) is 0.384. The van der Waals surface area contributed by atoms with Crippen molar-refractivity contribution in [2.75, 3.05) is 23.9 Å². The highest BCUT2D eigenvalue weighted by Gasteiger charge is 2.13. The zero-order valence-corrected chi connectivity index (χ0v) is 17.2. The molecule has 0 aromatic heterocycles. The highest BCUT2D eigenvalue weighted by Crippen LogP contribution is 2.26. The number of benzene rings is 2. The van der Waals surface area contributed by atoms with E-state index in [9.17, 15) is 13.2 Å². The zero-order valence-electron chi connectivity index (χ0n) is 14.8. The van der Waals surface area contributed by atoms with Crippen molar-refractivity contribution in [3.05, 3.63) is 58.1 Å². The first-order chi connectivity index (χ1) is 12.6. The van der Waals surface area contributed by atoms with Crippen LogP contribution in [-0.4, -0.2) is 33.1 Å². The van der Waals surface area contributed by atoms with Crippen LogP contribution in [-0.2, 0) is 9.84 Å². The lowest BCUT2D eigenvalue weighted by atomic mass is 10.1. The SMILES string of the molecule is CC(NC(=O)Nc1cccc(OCCS(C)(=O)=O)c1)c1ccc(Cl)cc1Cl. The summed E-state index contributed by atoms with van der Waals surface area (Å²) in [7, 11) is -3.09. The van der Waals surface area contributed by atoms with Crippen molar-refractivity contribution in [3.8, 4) is 5.75 Å². The van der Waals surface area contributed by atoms with Crippen LogP contribution in [0.3, 0.4) is 0 Å². The van der Waals surface area contributed by atoms with Gasteiger partial charge in [0.25, 0.3) is 0 Å². The van der Waals surface area contributed by atoms with Gasteiger partial charge in [-0.1, -0.05) is 35.3 Å². The first-order valence-corrected chi connectivity index (χ1v) is 10.9. The zero-order chi connectivity index (χ0) is 20.0. The number of hydrogen-bond acceptors (Lipinski definition) is 4. The average Bonchev–Trinajstić information content (AvgIpc) is 2.53. The molecule has 0 radical (unpaired) electrons. The fraction of sp³-hybridized carbons (Fsp3) is 0.278. The second-order valence-electron chi connectivity index (χ2n) is 5.99. The number of nitrogens with one attached hydrogen (secondary N) is 2. The summed E-state index contributed by atoms with van der Waals surface area (Å²) in [6, 6.07) is 11.0. The van der Waals surface area contributed by atoms with E-state index in [2.05, 4.69) is 10.6 Å². The van der Waals surface area contributed by atoms with Crippen LogP contribution >= 0.6 is 23.2 Å². The van der Waals surface area contributed by atoms with Gasteiger partial charge in [0.2, 0.25) is 0 Å². The lowest BCUT2D eigenvalue weighted by molar-refractivity contribution is 0.249. The van der Waals surface area contributed by atoms with E-state index in [1.165, 1.54) is 0 Å². The van der Waals surface area contributed by atoms with Gasteiger partial charge in [0.15, 0.2) is 9.84 Å². The molecule has 2 amide bonds. The molecule has 0 aliphatic carbocycles. The Morgan fingerprint density at radius 2 is 1.93 bits per heavy atom. The van der Waals surface area contributed by atoms with E-state index < -0.39 is 15.9 Å². The summed E-state index contributed by atoms with van der Waals surface area (Å²) in [6.45, 7) is 1.85. The molecular formula is C18H20Cl2N2O4S. The van der Waals surface area contributed by atoms with Gasteiger partial charge in [-0.05, 0) is 36.8 Å². The number of anilines is 1. The molecule has 2 aromatic carbocycles. The molecule has 6 nitrogen and oxygen atoms in total. The normalized spacial score (nSPS) is 12.3. The predicted molar refractivity (Wildman–Crippen MR) is 109 cm³/mol. The predicted octanol–water partition coefficient (Wildman–Crippen LogP) is 4.30. The van der Waals surface area contributed by atoms with Gasteiger partial charge in [0.1, 0.15) is 12.4 Å². The number of ether oxygens (including phenoxy) is 1. The number of amides is 2. The lowest BCUT2D eigenvalue weighted by Crippen LogP contribution is -2.31. The highest BCUT2D eigenvalue weighted by molar-refractivity contribution is 7.90. The van der Waals surface area contributed by atoms with Crippen molar-refractivity contribution in [1.29, 1.82) is 0 Å². The van der Waals surface area contributed by atoms with Crippen molar-refractivity contribution in [2.45, 2.75) is 13.0 Å². The molecule has 1 unspecified atom stereocenters. The lowest BCUT2D eigenvalue weighted by Gasteiger charge is -2.17. The standard InChI is InChI=1S/C18H20Cl2N2O4S/c1-12(16-7-6-13(19)10-17(16)20)21-18(23)22-14-4-3-5-15(11-14)26-8-9-27(2,24)25/h3-7,10-12H,8-9H2,1-2H3,(H2,21,22,23). The summed E-state index contributed by atoms with van der Waals surface area (Å²) >= 11 is 12.0. The third-order valence-electron chi connectivity index (χ3n) is 3.59. The number of carbonyl (C=O) groups excluding carboxylic acids is 1. The molecule has 0 spiro atoms. The average molecular weight is 431 g/mol. The molecule has 2 aromatic rings. The van der Waals surface area contributed by atoms with Crippen LogP contribution in [0.25, 0.3) is 0 Å². The molecule has 0 bridgehead atoms. The minimum absolute atomic E-state index is 0.0422. The number of urea groups is 1. The molecule has 2 rings (SSSR count). The van der Waals surface area contributed by atoms with Crippen molar-refractivity contribution in [2.24, 2.45) is 0 Å². The molecule has 0 saturated heterocycles. The van der Waals surface area contributed by atoms with E-state index in [4.69, 9.17) is 27.9 Å². The van der Waals surface area contributed by atoms with Crippen LogP contribution in [0.1, 0.15) is 18.5 Å². The Kier molecular flexibility index (Phi) is 7.35. The van der Waals surface area contributed by atoms with Gasteiger partial charge < -0.3 is 15.4 Å². The van der Waals surface area contributed by atoms with Gasteiger partial charge in [-0.25, -0.2) is 13.2 Å². The smallest absolute Gasteiger partial charge is 0.319 e. The molecule has 0 aliphatic heterocycles. The van der Waals surface area contributed by atoms with E-state index in [1.807, 2.05) is 0 Å². The molecule has 27 heavy (non-hydrogen) atoms. The number of hydrogen-bond donors (Lipinski definition) is 2. The van der Waals surface area contributed by atoms with Crippen LogP contribution in [0, 0.1) is 0 Å². The third kappa shape index (κ3) is 7.28. The molecule has 9 heteroatoms. The molecule has 0 aliphatic rings. The van der Waals surface area contributed by atoms with Crippen molar-refractivity contribution in [1.82, 2.24) is 5.32 Å². The highest BCUT2D eigenvalue weighted by atomic mass is 35.5. The Balaban J connectivity index is 1.94. The number of carbonyl (C=O) groups is 1. The first-order valence-electron chi connectivity index (χ1n) is 8.07. The Labute approximate surface area is 168 Å². The molecular weight excluding hydrogens is 411 g/mol. The number of rotatable bonds is 7. The Morgan fingerprint density at radius 3 is 2.59 bits per heavy atom. The van der Waals surface area contributed by atoms with Crippen molar-refractivity contribution in [3.63, 3.8) is 0 Å². The Morgan fingerprint density at radius 1 is 1.19 bits per heavy atom. The van der Waals surface area contributed by atoms with E-state index >= 15 is 0 Å². The summed E-state index contributed by atoms with van der Waals surface area (Å²) in [6.07, 6.45) is 1.15. The summed E-state index contributed by atoms with van der Waals surface area (Å²) in [5, 5.41) is 6.48. The van der Waals surface area contributed by atoms with Crippen LogP contribution in [0.5, 0.6) is 5.75 Å². The van der Waals surface area contributed by atoms with Crippen LogP contribution in [0.15, 0.2) is 42.5 Å². The number of halogens is 2. The van der Waals surface area contributed by atoms with Crippen molar-refractivity contribution >= 4 is 44.8 Å². The van der Waals surface area contributed by atoms with Gasteiger partial charge in [0.05, 0.1) is 11.8 Å². The van der Waals surface area contributed by atoms with E-state index in [-0.39, 0.29) is 18.4 Å². The van der Waals surface area contributed by atoms with Gasteiger partial charge in [-0.3, -0.25) is 0 Å². The maximum Gasteiger partial charge on any atom is 0.319 e. The Hall–Kier alpha value is -1.96. The second-order valence-corrected chi connectivity index (χ2v) is 9.10. The number of sulfone groups is 1. The molecule has 1 atom stereocenters. The molecule has 146 valence electrons. The third-order valence-corrected chi connectivity index (χ3v) is 5.06. The minimum atomic E-state index is -3.09. The van der Waals surface area contributed by atoms with Gasteiger partial charge in [-0.15, -0.1) is 0 Å². The fourth-order valence-electron chi connectivity index (χ4n) is 2.27. The van der Waals surface area contributed by atoms with E-state index in [0.29, 0.717) is 21.5 Å². The quantitative estimate of drug-likeness (QED) is 0.685. The maximum atomic E-state index is 12.2. The molecule has 0 fully saturated rings.